The van der Waals surface area contributed by atoms with Crippen LogP contribution in [0, 0.1) is 11.3 Å². The molecule has 0 rings (SSSR count). The quantitative estimate of drug-likeness (QED) is 0.414. The molecule has 0 saturated heterocycles. The van der Waals surface area contributed by atoms with E-state index in [9.17, 15) is 0 Å². The highest BCUT2D eigenvalue weighted by Gasteiger charge is 2.20. The Balaban J connectivity index is 3.63. The first-order valence-electron chi connectivity index (χ1n) is 4.61. The van der Waals surface area contributed by atoms with E-state index in [-0.39, 0.29) is 0 Å². The van der Waals surface area contributed by atoms with Crippen LogP contribution in [0.2, 0.25) is 0 Å². The third kappa shape index (κ3) is 4.23. The Morgan fingerprint density at radius 2 is 1.91 bits per heavy atom. The summed E-state index contributed by atoms with van der Waals surface area (Å²) in [5.74, 6) is 0.785. The van der Waals surface area contributed by atoms with Crippen LogP contribution < -0.4 is 0 Å². The van der Waals surface area contributed by atoms with Crippen LogP contribution in [0.5, 0.6) is 0 Å². The van der Waals surface area contributed by atoms with Crippen molar-refractivity contribution in [2.75, 3.05) is 0 Å². The average Bonchev–Trinajstić information content (AvgIpc) is 1.88. The number of unbranched alkanes of at least 4 members (excludes halogenated alkanes) is 1. The zero-order valence-electron chi connectivity index (χ0n) is 8.48. The van der Waals surface area contributed by atoms with Crippen molar-refractivity contribution in [1.29, 1.82) is 0 Å². The second-order valence-corrected chi connectivity index (χ2v) is 4.32. The van der Waals surface area contributed by atoms with Crippen LogP contribution in [-0.4, -0.2) is 0 Å². The summed E-state index contributed by atoms with van der Waals surface area (Å²) in [5, 5.41) is 0. The maximum Gasteiger partial charge on any atom is -0.0331 e. The van der Waals surface area contributed by atoms with Crippen LogP contribution in [0.25, 0.3) is 0 Å². The Morgan fingerprint density at radius 1 is 1.36 bits per heavy atom. The number of hydrogen-bond donors (Lipinski definition) is 0. The molecular formula is C11H22. The Kier molecular flexibility index (Phi) is 4.48. The van der Waals surface area contributed by atoms with E-state index in [1.807, 2.05) is 6.08 Å². The summed E-state index contributed by atoms with van der Waals surface area (Å²) in [6, 6.07) is 0. The molecule has 0 unspecified atom stereocenters. The topological polar surface area (TPSA) is 0 Å². The molecule has 11 heavy (non-hydrogen) atoms. The fourth-order valence-electron chi connectivity index (χ4n) is 0.991. The number of allylic oxidation sites excluding steroid dienone is 1. The van der Waals surface area contributed by atoms with Gasteiger partial charge >= 0.3 is 0 Å². The molecule has 0 heterocycles. The fourth-order valence-corrected chi connectivity index (χ4v) is 0.991. The third-order valence-electron chi connectivity index (χ3n) is 2.79. The number of hydrogen-bond acceptors (Lipinski definition) is 0. The SMILES string of the molecule is C=CCCCC(C)(C)C(C)C. The minimum atomic E-state index is 0.503. The second kappa shape index (κ2) is 4.58. The minimum absolute atomic E-state index is 0.503. The average molecular weight is 154 g/mol. The van der Waals surface area contributed by atoms with Gasteiger partial charge in [0.2, 0.25) is 0 Å². The second-order valence-electron chi connectivity index (χ2n) is 4.32. The smallest absolute Gasteiger partial charge is 0.0331 e. The van der Waals surface area contributed by atoms with Gasteiger partial charge in [-0.15, -0.1) is 6.58 Å². The molecule has 0 atom stereocenters. The molecule has 0 saturated carbocycles. The molecule has 0 amide bonds. The van der Waals surface area contributed by atoms with Gasteiger partial charge in [0.05, 0.1) is 0 Å². The Bertz CT molecular complexity index is 109. The van der Waals surface area contributed by atoms with Gasteiger partial charge in [0.15, 0.2) is 0 Å². The molecule has 0 heteroatoms. The molecule has 0 aromatic carbocycles. The lowest BCUT2D eigenvalue weighted by Gasteiger charge is -2.28. The van der Waals surface area contributed by atoms with Crippen molar-refractivity contribution in [1.82, 2.24) is 0 Å². The molecule has 0 aliphatic carbocycles. The zero-order chi connectivity index (χ0) is 8.91. The monoisotopic (exact) mass is 154 g/mol. The van der Waals surface area contributed by atoms with Crippen LogP contribution in [-0.2, 0) is 0 Å². The summed E-state index contributed by atoms with van der Waals surface area (Å²) in [6.45, 7) is 13.0. The molecule has 0 fully saturated rings. The first kappa shape index (κ1) is 10.7. The Hall–Kier alpha value is -0.260. The molecular weight excluding hydrogens is 132 g/mol. The fraction of sp³-hybridized carbons (Fsp3) is 0.818. The molecule has 66 valence electrons. The van der Waals surface area contributed by atoms with Crippen molar-refractivity contribution in [3.8, 4) is 0 Å². The van der Waals surface area contributed by atoms with E-state index in [0.717, 1.165) is 12.3 Å². The summed E-state index contributed by atoms with van der Waals surface area (Å²) in [7, 11) is 0. The van der Waals surface area contributed by atoms with E-state index in [1.165, 1.54) is 12.8 Å². The molecule has 0 spiro atoms. The van der Waals surface area contributed by atoms with Crippen molar-refractivity contribution in [3.05, 3.63) is 12.7 Å². The molecule has 0 radical (unpaired) electrons. The predicted molar refractivity (Wildman–Crippen MR) is 52.7 cm³/mol. The number of rotatable bonds is 5. The van der Waals surface area contributed by atoms with E-state index in [4.69, 9.17) is 0 Å². The van der Waals surface area contributed by atoms with Crippen LogP contribution in [0.4, 0.5) is 0 Å². The summed E-state index contributed by atoms with van der Waals surface area (Å²) < 4.78 is 0. The van der Waals surface area contributed by atoms with Crippen molar-refractivity contribution >= 4 is 0 Å². The van der Waals surface area contributed by atoms with Gasteiger partial charge in [-0.3, -0.25) is 0 Å². The van der Waals surface area contributed by atoms with Gasteiger partial charge < -0.3 is 0 Å². The molecule has 0 nitrogen and oxygen atoms in total. The van der Waals surface area contributed by atoms with Gasteiger partial charge in [0.1, 0.15) is 0 Å². The standard InChI is InChI=1S/C11H22/c1-6-7-8-9-11(4,5)10(2)3/h6,10H,1,7-9H2,2-5H3. The van der Waals surface area contributed by atoms with Crippen LogP contribution in [0.1, 0.15) is 47.0 Å². The first-order chi connectivity index (χ1) is 5.00. The van der Waals surface area contributed by atoms with E-state index >= 15 is 0 Å². The predicted octanol–water partition coefficient (Wildman–Crippen LogP) is 4.02. The maximum atomic E-state index is 3.73. The Morgan fingerprint density at radius 3 is 2.27 bits per heavy atom. The van der Waals surface area contributed by atoms with Crippen molar-refractivity contribution in [2.45, 2.75) is 47.0 Å². The van der Waals surface area contributed by atoms with E-state index in [1.54, 1.807) is 0 Å². The molecule has 0 aliphatic heterocycles. The van der Waals surface area contributed by atoms with Gasteiger partial charge in [-0.05, 0) is 30.6 Å². The molecule has 0 bridgehead atoms. The van der Waals surface area contributed by atoms with Gasteiger partial charge in [-0.25, -0.2) is 0 Å². The highest BCUT2D eigenvalue weighted by atomic mass is 14.3. The lowest BCUT2D eigenvalue weighted by atomic mass is 9.77. The molecule has 0 aliphatic rings. The van der Waals surface area contributed by atoms with E-state index in [2.05, 4.69) is 34.3 Å². The zero-order valence-corrected chi connectivity index (χ0v) is 8.48. The third-order valence-corrected chi connectivity index (χ3v) is 2.79. The minimum Gasteiger partial charge on any atom is -0.103 e. The summed E-state index contributed by atoms with van der Waals surface area (Å²) in [5.41, 5.74) is 0.503. The summed E-state index contributed by atoms with van der Waals surface area (Å²) in [6.07, 6.45) is 5.78. The summed E-state index contributed by atoms with van der Waals surface area (Å²) in [4.78, 5) is 0. The van der Waals surface area contributed by atoms with E-state index in [0.29, 0.717) is 5.41 Å². The van der Waals surface area contributed by atoms with Crippen molar-refractivity contribution in [2.24, 2.45) is 11.3 Å². The van der Waals surface area contributed by atoms with Gasteiger partial charge in [-0.2, -0.15) is 0 Å². The Labute approximate surface area is 71.7 Å². The van der Waals surface area contributed by atoms with Crippen LogP contribution in [0.15, 0.2) is 12.7 Å². The molecule has 0 N–H and O–H groups in total. The normalized spacial score (nSPS) is 12.1. The highest BCUT2D eigenvalue weighted by Crippen LogP contribution is 2.31. The maximum absolute atomic E-state index is 3.73. The van der Waals surface area contributed by atoms with E-state index < -0.39 is 0 Å². The lowest BCUT2D eigenvalue weighted by molar-refractivity contribution is 0.224. The van der Waals surface area contributed by atoms with Crippen LogP contribution in [0.3, 0.4) is 0 Å². The van der Waals surface area contributed by atoms with Crippen molar-refractivity contribution < 1.29 is 0 Å². The first-order valence-corrected chi connectivity index (χ1v) is 4.61. The highest BCUT2D eigenvalue weighted by molar-refractivity contribution is 4.74. The molecule has 0 aromatic heterocycles. The largest absolute Gasteiger partial charge is 0.103 e. The van der Waals surface area contributed by atoms with Gasteiger partial charge in [-0.1, -0.05) is 33.8 Å². The van der Waals surface area contributed by atoms with Gasteiger partial charge in [0.25, 0.3) is 0 Å². The van der Waals surface area contributed by atoms with Crippen LogP contribution >= 0.6 is 0 Å². The summed E-state index contributed by atoms with van der Waals surface area (Å²) >= 11 is 0. The van der Waals surface area contributed by atoms with Gasteiger partial charge in [0, 0.05) is 0 Å². The molecule has 0 aromatic rings. The van der Waals surface area contributed by atoms with Crippen molar-refractivity contribution in [3.63, 3.8) is 0 Å². The lowest BCUT2D eigenvalue weighted by Crippen LogP contribution is -2.18.